The maximum absolute atomic E-state index is 12.7. The van der Waals surface area contributed by atoms with Crippen LogP contribution in [0.5, 0.6) is 0 Å². The third kappa shape index (κ3) is 3.32. The zero-order valence-electron chi connectivity index (χ0n) is 13.3. The highest BCUT2D eigenvalue weighted by Crippen LogP contribution is 2.28. The average molecular weight is 318 g/mol. The number of likely N-dealkylation sites (tertiary alicyclic amines) is 1. The van der Waals surface area contributed by atoms with Crippen LogP contribution in [0.1, 0.15) is 18.4 Å². The highest BCUT2D eigenvalue weighted by molar-refractivity contribution is 5.83. The number of ether oxygens (including phenoxy) is 1. The van der Waals surface area contributed by atoms with Gasteiger partial charge in [-0.15, -0.1) is 0 Å². The molecule has 1 fully saturated rings. The summed E-state index contributed by atoms with van der Waals surface area (Å²) in [5, 5.41) is 9.06. The molecule has 0 saturated carbocycles. The van der Waals surface area contributed by atoms with Gasteiger partial charge in [0.2, 0.25) is 5.91 Å². The van der Waals surface area contributed by atoms with Gasteiger partial charge in [-0.2, -0.15) is 0 Å². The van der Waals surface area contributed by atoms with E-state index in [1.165, 1.54) is 5.56 Å². The van der Waals surface area contributed by atoms with Gasteiger partial charge >= 0.3 is 5.97 Å². The summed E-state index contributed by atoms with van der Waals surface area (Å²) in [4.78, 5) is 27.5. The van der Waals surface area contributed by atoms with Crippen LogP contribution in [-0.2, 0) is 20.7 Å². The average Bonchev–Trinajstić information content (AvgIpc) is 3.11. The minimum Gasteiger partial charge on any atom is -0.481 e. The number of benzene rings is 1. The van der Waals surface area contributed by atoms with Crippen molar-refractivity contribution in [2.24, 2.45) is 0 Å². The normalized spacial score (nSPS) is 23.2. The second-order valence-corrected chi connectivity index (χ2v) is 6.19. The van der Waals surface area contributed by atoms with E-state index in [1.54, 1.807) is 12.0 Å². The molecule has 1 saturated heterocycles. The Bertz CT molecular complexity index is 604. The first-order valence-corrected chi connectivity index (χ1v) is 7.95. The number of carbonyl (C=O) groups is 2. The van der Waals surface area contributed by atoms with E-state index < -0.39 is 5.97 Å². The Morgan fingerprint density at radius 2 is 2.13 bits per heavy atom. The quantitative estimate of drug-likeness (QED) is 0.881. The molecule has 1 aromatic rings. The molecular formula is C17H22N2O4. The standard InChI is InChI=1S/C17H22N2O4/c1-23-14-8-13(9-17(21)22)19(10-14)16(20)11-18-7-6-12-4-2-3-5-15(12)18/h2-5,13-14H,6-11H2,1H3,(H,21,22). The summed E-state index contributed by atoms with van der Waals surface area (Å²) in [6, 6.07) is 7.83. The van der Waals surface area contributed by atoms with Gasteiger partial charge in [0.25, 0.3) is 0 Å². The fraction of sp³-hybridized carbons (Fsp3) is 0.529. The molecule has 2 atom stereocenters. The molecule has 0 radical (unpaired) electrons. The van der Waals surface area contributed by atoms with Crippen molar-refractivity contribution < 1.29 is 19.4 Å². The number of carboxylic acid groups (broad SMARTS) is 1. The molecule has 0 spiro atoms. The molecule has 2 unspecified atom stereocenters. The largest absolute Gasteiger partial charge is 0.481 e. The van der Waals surface area contributed by atoms with E-state index >= 15 is 0 Å². The van der Waals surface area contributed by atoms with Gasteiger partial charge < -0.3 is 19.6 Å². The third-order valence-electron chi connectivity index (χ3n) is 4.75. The molecular weight excluding hydrogens is 296 g/mol. The van der Waals surface area contributed by atoms with Gasteiger partial charge in [0.15, 0.2) is 0 Å². The fourth-order valence-corrected chi connectivity index (χ4v) is 3.57. The zero-order valence-corrected chi connectivity index (χ0v) is 13.3. The molecule has 1 aromatic carbocycles. The van der Waals surface area contributed by atoms with Crippen LogP contribution in [0.4, 0.5) is 5.69 Å². The van der Waals surface area contributed by atoms with Crippen LogP contribution in [0.15, 0.2) is 24.3 Å². The Kier molecular flexibility index (Phi) is 4.52. The fourth-order valence-electron chi connectivity index (χ4n) is 3.57. The Labute approximate surface area is 135 Å². The Hall–Kier alpha value is -2.08. The van der Waals surface area contributed by atoms with Gasteiger partial charge in [0, 0.05) is 31.9 Å². The van der Waals surface area contributed by atoms with Crippen molar-refractivity contribution in [3.05, 3.63) is 29.8 Å². The minimum atomic E-state index is -0.879. The summed E-state index contributed by atoms with van der Waals surface area (Å²) >= 11 is 0. The van der Waals surface area contributed by atoms with Crippen LogP contribution in [0.3, 0.4) is 0 Å². The van der Waals surface area contributed by atoms with E-state index in [0.717, 1.165) is 18.7 Å². The molecule has 23 heavy (non-hydrogen) atoms. The molecule has 6 heteroatoms. The Morgan fingerprint density at radius 3 is 2.87 bits per heavy atom. The minimum absolute atomic E-state index is 0.0208. The van der Waals surface area contributed by atoms with E-state index in [9.17, 15) is 9.59 Å². The number of rotatable bonds is 5. The molecule has 0 aliphatic carbocycles. The molecule has 2 heterocycles. The van der Waals surface area contributed by atoms with Gasteiger partial charge in [-0.1, -0.05) is 18.2 Å². The van der Waals surface area contributed by atoms with Crippen LogP contribution < -0.4 is 4.90 Å². The second kappa shape index (κ2) is 6.58. The van der Waals surface area contributed by atoms with Crippen molar-refractivity contribution in [2.45, 2.75) is 31.4 Å². The monoisotopic (exact) mass is 318 g/mol. The number of hydrogen-bond acceptors (Lipinski definition) is 4. The van der Waals surface area contributed by atoms with Crippen LogP contribution in [0.25, 0.3) is 0 Å². The van der Waals surface area contributed by atoms with Crippen LogP contribution >= 0.6 is 0 Å². The van der Waals surface area contributed by atoms with E-state index in [4.69, 9.17) is 9.84 Å². The number of nitrogens with zero attached hydrogens (tertiary/aromatic N) is 2. The first-order chi connectivity index (χ1) is 11.1. The number of amides is 1. The van der Waals surface area contributed by atoms with E-state index in [-0.39, 0.29) is 24.5 Å². The number of para-hydroxylation sites is 1. The number of anilines is 1. The summed E-state index contributed by atoms with van der Waals surface area (Å²) in [5.41, 5.74) is 2.37. The molecule has 1 amide bonds. The number of fused-ring (bicyclic) bond motifs is 1. The molecule has 6 nitrogen and oxygen atoms in total. The van der Waals surface area contributed by atoms with Gasteiger partial charge in [-0.3, -0.25) is 9.59 Å². The lowest BCUT2D eigenvalue weighted by molar-refractivity contribution is -0.139. The first-order valence-electron chi connectivity index (χ1n) is 7.95. The predicted molar refractivity (Wildman–Crippen MR) is 85.5 cm³/mol. The number of carboxylic acids is 1. The Morgan fingerprint density at radius 1 is 1.35 bits per heavy atom. The van der Waals surface area contributed by atoms with Crippen molar-refractivity contribution in [1.82, 2.24) is 4.90 Å². The predicted octanol–water partition coefficient (Wildman–Crippen LogP) is 1.14. The molecule has 0 bridgehead atoms. The van der Waals surface area contributed by atoms with Crippen LogP contribution in [0, 0.1) is 0 Å². The van der Waals surface area contributed by atoms with Crippen molar-refractivity contribution in [1.29, 1.82) is 0 Å². The summed E-state index contributed by atoms with van der Waals surface area (Å²) in [6.45, 7) is 1.60. The van der Waals surface area contributed by atoms with Crippen molar-refractivity contribution in [3.8, 4) is 0 Å². The maximum Gasteiger partial charge on any atom is 0.305 e. The van der Waals surface area contributed by atoms with Gasteiger partial charge in [0.05, 0.1) is 19.1 Å². The molecule has 2 aliphatic rings. The lowest BCUT2D eigenvalue weighted by atomic mass is 10.1. The molecule has 1 N–H and O–H groups in total. The zero-order chi connectivity index (χ0) is 16.4. The SMILES string of the molecule is COC1CC(CC(=O)O)N(C(=O)CN2CCc3ccccc32)C1. The lowest BCUT2D eigenvalue weighted by Crippen LogP contribution is -2.43. The van der Waals surface area contributed by atoms with E-state index in [1.807, 2.05) is 18.2 Å². The topological polar surface area (TPSA) is 70.1 Å². The maximum atomic E-state index is 12.7. The van der Waals surface area contributed by atoms with E-state index in [0.29, 0.717) is 19.5 Å². The molecule has 124 valence electrons. The highest BCUT2D eigenvalue weighted by Gasteiger charge is 2.37. The van der Waals surface area contributed by atoms with Crippen LogP contribution in [-0.4, -0.2) is 60.8 Å². The van der Waals surface area contributed by atoms with Gasteiger partial charge in [-0.25, -0.2) is 0 Å². The number of aliphatic carboxylic acids is 1. The number of methoxy groups -OCH3 is 1. The second-order valence-electron chi connectivity index (χ2n) is 6.19. The summed E-state index contributed by atoms with van der Waals surface area (Å²) < 4.78 is 5.33. The van der Waals surface area contributed by atoms with Crippen molar-refractivity contribution in [3.63, 3.8) is 0 Å². The van der Waals surface area contributed by atoms with Crippen LogP contribution in [0.2, 0.25) is 0 Å². The third-order valence-corrected chi connectivity index (χ3v) is 4.75. The van der Waals surface area contributed by atoms with Crippen molar-refractivity contribution in [2.75, 3.05) is 31.6 Å². The Balaban J connectivity index is 1.68. The summed E-state index contributed by atoms with van der Waals surface area (Å²) in [5.74, 6) is -0.899. The van der Waals surface area contributed by atoms with Gasteiger partial charge in [-0.05, 0) is 24.5 Å². The van der Waals surface area contributed by atoms with E-state index in [2.05, 4.69) is 11.0 Å². The molecule has 3 rings (SSSR count). The van der Waals surface area contributed by atoms with Crippen molar-refractivity contribution >= 4 is 17.6 Å². The summed E-state index contributed by atoms with van der Waals surface area (Å²) in [6.07, 6.45) is 1.44. The smallest absolute Gasteiger partial charge is 0.305 e. The molecule has 0 aromatic heterocycles. The first kappa shape index (κ1) is 15.8. The lowest BCUT2D eigenvalue weighted by Gasteiger charge is -2.27. The van der Waals surface area contributed by atoms with Gasteiger partial charge in [0.1, 0.15) is 0 Å². The molecule has 2 aliphatic heterocycles. The highest BCUT2D eigenvalue weighted by atomic mass is 16.5. The summed E-state index contributed by atoms with van der Waals surface area (Å²) in [7, 11) is 1.60. The number of carbonyl (C=O) groups excluding carboxylic acids is 1. The number of hydrogen-bond donors (Lipinski definition) is 1.